The molecule has 92 valence electrons. The lowest BCUT2D eigenvalue weighted by Crippen LogP contribution is -1.93. The Balaban J connectivity index is 2.74. The van der Waals surface area contributed by atoms with Crippen LogP contribution in [0.3, 0.4) is 0 Å². The number of halogens is 1. The molecule has 6 heteroatoms. The van der Waals surface area contributed by atoms with E-state index in [-0.39, 0.29) is 28.3 Å². The van der Waals surface area contributed by atoms with Gasteiger partial charge in [0.1, 0.15) is 11.5 Å². The molecular formula is C12H8BrNO4. The van der Waals surface area contributed by atoms with Crippen LogP contribution in [0.1, 0.15) is 0 Å². The van der Waals surface area contributed by atoms with Crippen molar-refractivity contribution in [3.05, 3.63) is 51.0 Å². The minimum absolute atomic E-state index is 0.106. The Morgan fingerprint density at radius 1 is 1.17 bits per heavy atom. The van der Waals surface area contributed by atoms with Crippen molar-refractivity contribution < 1.29 is 15.1 Å². The van der Waals surface area contributed by atoms with E-state index >= 15 is 0 Å². The zero-order valence-electron chi connectivity index (χ0n) is 9.00. The first-order chi connectivity index (χ1) is 8.50. The van der Waals surface area contributed by atoms with Crippen molar-refractivity contribution >= 4 is 21.6 Å². The SMILES string of the molecule is O=[N+]([O-])c1cccc(Br)c1-c1ccc(O)cc1O. The van der Waals surface area contributed by atoms with Crippen LogP contribution in [0, 0.1) is 10.1 Å². The summed E-state index contributed by atoms with van der Waals surface area (Å²) in [5, 5.41) is 30.0. The van der Waals surface area contributed by atoms with Crippen molar-refractivity contribution in [2.45, 2.75) is 0 Å². The quantitative estimate of drug-likeness (QED) is 0.657. The minimum Gasteiger partial charge on any atom is -0.508 e. The van der Waals surface area contributed by atoms with Gasteiger partial charge in [0.2, 0.25) is 0 Å². The van der Waals surface area contributed by atoms with Crippen LogP contribution < -0.4 is 0 Å². The third kappa shape index (κ3) is 2.14. The van der Waals surface area contributed by atoms with Crippen molar-refractivity contribution in [1.29, 1.82) is 0 Å². The van der Waals surface area contributed by atoms with E-state index in [9.17, 15) is 20.3 Å². The Bertz CT molecular complexity index is 627. The molecule has 0 saturated carbocycles. The van der Waals surface area contributed by atoms with Crippen molar-refractivity contribution in [2.75, 3.05) is 0 Å². The fraction of sp³-hybridized carbons (Fsp3) is 0. The first kappa shape index (κ1) is 12.4. The van der Waals surface area contributed by atoms with E-state index in [2.05, 4.69) is 15.9 Å². The second-order valence-electron chi connectivity index (χ2n) is 3.59. The van der Waals surface area contributed by atoms with Gasteiger partial charge >= 0.3 is 0 Å². The van der Waals surface area contributed by atoms with E-state index in [1.165, 1.54) is 18.2 Å². The van der Waals surface area contributed by atoms with Crippen LogP contribution in [0.5, 0.6) is 11.5 Å². The molecule has 0 bridgehead atoms. The summed E-state index contributed by atoms with van der Waals surface area (Å²) in [6, 6.07) is 8.47. The number of nitrogens with zero attached hydrogens (tertiary/aromatic N) is 1. The van der Waals surface area contributed by atoms with Gasteiger partial charge in [-0.1, -0.05) is 6.07 Å². The van der Waals surface area contributed by atoms with E-state index in [1.807, 2.05) is 0 Å². The van der Waals surface area contributed by atoms with Crippen LogP contribution in [-0.4, -0.2) is 15.1 Å². The zero-order chi connectivity index (χ0) is 13.3. The average Bonchev–Trinajstić information content (AvgIpc) is 2.29. The molecule has 2 rings (SSSR count). The van der Waals surface area contributed by atoms with Gasteiger partial charge in [-0.2, -0.15) is 0 Å². The normalized spacial score (nSPS) is 10.3. The molecule has 0 aliphatic rings. The van der Waals surface area contributed by atoms with Crippen LogP contribution in [0.15, 0.2) is 40.9 Å². The van der Waals surface area contributed by atoms with Crippen LogP contribution in [0.25, 0.3) is 11.1 Å². The number of hydrogen-bond acceptors (Lipinski definition) is 4. The number of benzene rings is 2. The first-order valence-electron chi connectivity index (χ1n) is 4.96. The van der Waals surface area contributed by atoms with Crippen LogP contribution >= 0.6 is 15.9 Å². The molecule has 0 fully saturated rings. The number of rotatable bonds is 2. The molecule has 0 radical (unpaired) electrons. The van der Waals surface area contributed by atoms with Crippen LogP contribution in [0.4, 0.5) is 5.69 Å². The molecular weight excluding hydrogens is 302 g/mol. The highest BCUT2D eigenvalue weighted by molar-refractivity contribution is 9.10. The van der Waals surface area contributed by atoms with Crippen LogP contribution in [0.2, 0.25) is 0 Å². The summed E-state index contributed by atoms with van der Waals surface area (Å²) in [7, 11) is 0. The Kier molecular flexibility index (Phi) is 3.20. The molecule has 0 aliphatic heterocycles. The van der Waals surface area contributed by atoms with E-state index in [0.717, 1.165) is 6.07 Å². The van der Waals surface area contributed by atoms with E-state index in [0.29, 0.717) is 4.47 Å². The van der Waals surface area contributed by atoms with Gasteiger partial charge < -0.3 is 10.2 Å². The highest BCUT2D eigenvalue weighted by Crippen LogP contribution is 2.41. The summed E-state index contributed by atoms with van der Waals surface area (Å²) < 4.78 is 0.498. The molecule has 2 aromatic rings. The molecule has 0 atom stereocenters. The summed E-state index contributed by atoms with van der Waals surface area (Å²) in [5.41, 5.74) is 0.442. The standard InChI is InChI=1S/C12H8BrNO4/c13-9-2-1-3-10(14(17)18)12(9)8-5-4-7(15)6-11(8)16/h1-6,15-16H. The maximum atomic E-state index is 11.0. The van der Waals surface area contributed by atoms with Gasteiger partial charge in [-0.3, -0.25) is 10.1 Å². The Morgan fingerprint density at radius 3 is 2.50 bits per heavy atom. The van der Waals surface area contributed by atoms with Gasteiger partial charge in [-0.05, 0) is 34.1 Å². The number of nitro groups is 1. The van der Waals surface area contributed by atoms with Gasteiger partial charge in [0.05, 0.1) is 10.5 Å². The van der Waals surface area contributed by atoms with Crippen molar-refractivity contribution in [2.24, 2.45) is 0 Å². The lowest BCUT2D eigenvalue weighted by atomic mass is 10.0. The average molecular weight is 310 g/mol. The number of phenols is 2. The van der Waals surface area contributed by atoms with Crippen molar-refractivity contribution in [3.63, 3.8) is 0 Å². The van der Waals surface area contributed by atoms with Crippen LogP contribution in [-0.2, 0) is 0 Å². The first-order valence-corrected chi connectivity index (χ1v) is 5.75. The molecule has 0 amide bonds. The second-order valence-corrected chi connectivity index (χ2v) is 4.45. The highest BCUT2D eigenvalue weighted by Gasteiger charge is 2.20. The van der Waals surface area contributed by atoms with E-state index in [1.54, 1.807) is 12.1 Å². The maximum absolute atomic E-state index is 11.0. The summed E-state index contributed by atoms with van der Waals surface area (Å²) in [5.74, 6) is -0.323. The largest absolute Gasteiger partial charge is 0.508 e. The monoisotopic (exact) mass is 309 g/mol. The summed E-state index contributed by atoms with van der Waals surface area (Å²) in [6.07, 6.45) is 0. The van der Waals surface area contributed by atoms with E-state index < -0.39 is 4.92 Å². The molecule has 2 N–H and O–H groups in total. The zero-order valence-corrected chi connectivity index (χ0v) is 10.6. The predicted molar refractivity (Wildman–Crippen MR) is 69.6 cm³/mol. The van der Waals surface area contributed by atoms with E-state index in [4.69, 9.17) is 0 Å². The van der Waals surface area contributed by atoms with Gasteiger partial charge in [0.15, 0.2) is 0 Å². The maximum Gasteiger partial charge on any atom is 0.278 e. The lowest BCUT2D eigenvalue weighted by Gasteiger charge is -2.08. The molecule has 0 saturated heterocycles. The molecule has 0 aromatic heterocycles. The summed E-state index contributed by atoms with van der Waals surface area (Å²) in [4.78, 5) is 10.5. The number of hydrogen-bond donors (Lipinski definition) is 2. The Labute approximate surface area is 111 Å². The second kappa shape index (κ2) is 4.66. The Morgan fingerprint density at radius 2 is 1.89 bits per heavy atom. The number of aromatic hydroxyl groups is 2. The van der Waals surface area contributed by atoms with Gasteiger partial charge in [-0.25, -0.2) is 0 Å². The van der Waals surface area contributed by atoms with Crippen molar-refractivity contribution in [1.82, 2.24) is 0 Å². The molecule has 0 heterocycles. The molecule has 2 aromatic carbocycles. The highest BCUT2D eigenvalue weighted by atomic mass is 79.9. The fourth-order valence-corrected chi connectivity index (χ4v) is 2.23. The minimum atomic E-state index is -0.521. The summed E-state index contributed by atoms with van der Waals surface area (Å²) >= 11 is 3.23. The van der Waals surface area contributed by atoms with Gasteiger partial charge in [0, 0.05) is 22.2 Å². The third-order valence-electron chi connectivity index (χ3n) is 2.44. The molecule has 0 aliphatic carbocycles. The molecule has 18 heavy (non-hydrogen) atoms. The van der Waals surface area contributed by atoms with Gasteiger partial charge in [-0.15, -0.1) is 0 Å². The summed E-state index contributed by atoms with van der Waals surface area (Å²) in [6.45, 7) is 0. The molecule has 5 nitrogen and oxygen atoms in total. The van der Waals surface area contributed by atoms with Gasteiger partial charge in [0.25, 0.3) is 5.69 Å². The number of phenolic OH excluding ortho intramolecular Hbond substituents is 2. The molecule has 0 unspecified atom stereocenters. The third-order valence-corrected chi connectivity index (χ3v) is 3.10. The fourth-order valence-electron chi connectivity index (χ4n) is 1.66. The molecule has 0 spiro atoms. The topological polar surface area (TPSA) is 83.6 Å². The lowest BCUT2D eigenvalue weighted by molar-refractivity contribution is -0.384. The predicted octanol–water partition coefficient (Wildman–Crippen LogP) is 3.44. The Hall–Kier alpha value is -2.08. The number of nitro benzene ring substituents is 1. The smallest absolute Gasteiger partial charge is 0.278 e. The van der Waals surface area contributed by atoms with Crippen molar-refractivity contribution in [3.8, 4) is 22.6 Å².